The fourth-order valence-electron chi connectivity index (χ4n) is 4.76. The SMILES string of the molecule is CCc1nc[nH]c1CC(C)C(=O)N1CCn2c(nc(-c3ccc(F)cc3)c2Nc2ccc(C)cc2)C1. The highest BCUT2D eigenvalue weighted by molar-refractivity contribution is 5.80. The van der Waals surface area contributed by atoms with Gasteiger partial charge in [-0.3, -0.25) is 4.79 Å². The van der Waals surface area contributed by atoms with Crippen molar-refractivity contribution in [3.05, 3.63) is 83.5 Å². The van der Waals surface area contributed by atoms with E-state index < -0.39 is 0 Å². The molecule has 36 heavy (non-hydrogen) atoms. The third-order valence-electron chi connectivity index (χ3n) is 6.79. The third kappa shape index (κ3) is 4.76. The number of benzene rings is 2. The lowest BCUT2D eigenvalue weighted by molar-refractivity contribution is -0.136. The van der Waals surface area contributed by atoms with Crippen molar-refractivity contribution in [1.29, 1.82) is 0 Å². The van der Waals surface area contributed by atoms with Gasteiger partial charge in [0.25, 0.3) is 0 Å². The lowest BCUT2D eigenvalue weighted by Gasteiger charge is -2.30. The number of hydrogen-bond donors (Lipinski definition) is 2. The van der Waals surface area contributed by atoms with Crippen LogP contribution in [0.4, 0.5) is 15.9 Å². The monoisotopic (exact) mass is 486 g/mol. The molecule has 0 aliphatic carbocycles. The van der Waals surface area contributed by atoms with Gasteiger partial charge in [-0.2, -0.15) is 0 Å². The summed E-state index contributed by atoms with van der Waals surface area (Å²) >= 11 is 0. The number of amides is 1. The van der Waals surface area contributed by atoms with E-state index in [-0.39, 0.29) is 17.6 Å². The average Bonchev–Trinajstić information content (AvgIpc) is 3.49. The number of nitrogens with zero attached hydrogens (tertiary/aromatic N) is 4. The zero-order valence-electron chi connectivity index (χ0n) is 20.9. The number of nitrogens with one attached hydrogen (secondary N) is 2. The predicted molar refractivity (Wildman–Crippen MR) is 138 cm³/mol. The van der Waals surface area contributed by atoms with Gasteiger partial charge in [0.15, 0.2) is 0 Å². The lowest BCUT2D eigenvalue weighted by Crippen LogP contribution is -2.41. The number of carbonyl (C=O) groups excluding carboxylic acids is 1. The number of aryl methyl sites for hydroxylation is 2. The molecule has 2 aromatic heterocycles. The van der Waals surface area contributed by atoms with Gasteiger partial charge in [-0.15, -0.1) is 0 Å². The van der Waals surface area contributed by atoms with Crippen LogP contribution in [-0.2, 0) is 30.7 Å². The Kier molecular flexibility index (Phi) is 6.59. The van der Waals surface area contributed by atoms with Crippen LogP contribution < -0.4 is 5.32 Å². The molecule has 1 aliphatic rings. The van der Waals surface area contributed by atoms with E-state index >= 15 is 0 Å². The molecule has 7 nitrogen and oxygen atoms in total. The average molecular weight is 487 g/mol. The number of aromatic amines is 1. The second-order valence-corrected chi connectivity index (χ2v) is 9.42. The topological polar surface area (TPSA) is 78.8 Å². The Morgan fingerprint density at radius 1 is 1.14 bits per heavy atom. The van der Waals surface area contributed by atoms with Crippen molar-refractivity contribution in [2.45, 2.75) is 46.7 Å². The van der Waals surface area contributed by atoms with Gasteiger partial charge in [-0.25, -0.2) is 14.4 Å². The summed E-state index contributed by atoms with van der Waals surface area (Å²) in [5.41, 5.74) is 5.74. The molecule has 3 heterocycles. The zero-order valence-corrected chi connectivity index (χ0v) is 20.9. The molecule has 0 bridgehead atoms. The van der Waals surface area contributed by atoms with Gasteiger partial charge in [0.1, 0.15) is 23.2 Å². The maximum atomic E-state index is 13.6. The maximum absolute atomic E-state index is 13.6. The number of aromatic nitrogens is 4. The minimum Gasteiger partial charge on any atom is -0.348 e. The smallest absolute Gasteiger partial charge is 0.226 e. The predicted octanol–water partition coefficient (Wildman–Crippen LogP) is 5.25. The molecular formula is C28H31FN6O. The van der Waals surface area contributed by atoms with E-state index in [1.54, 1.807) is 18.5 Å². The summed E-state index contributed by atoms with van der Waals surface area (Å²) in [6, 6.07) is 14.5. The molecule has 8 heteroatoms. The Morgan fingerprint density at radius 2 is 1.89 bits per heavy atom. The molecule has 0 spiro atoms. The second-order valence-electron chi connectivity index (χ2n) is 9.42. The highest BCUT2D eigenvalue weighted by Crippen LogP contribution is 2.33. The number of anilines is 2. The van der Waals surface area contributed by atoms with Gasteiger partial charge in [0.2, 0.25) is 5.91 Å². The minimum absolute atomic E-state index is 0.109. The Balaban J connectivity index is 1.41. The van der Waals surface area contributed by atoms with Crippen molar-refractivity contribution < 1.29 is 9.18 Å². The quantitative estimate of drug-likeness (QED) is 0.374. The van der Waals surface area contributed by atoms with Gasteiger partial charge in [-0.05, 0) is 49.7 Å². The van der Waals surface area contributed by atoms with E-state index in [1.165, 1.54) is 17.7 Å². The largest absolute Gasteiger partial charge is 0.348 e. The van der Waals surface area contributed by atoms with Crippen LogP contribution in [0.1, 0.15) is 36.6 Å². The first kappa shape index (κ1) is 23.8. The van der Waals surface area contributed by atoms with Crippen molar-refractivity contribution >= 4 is 17.4 Å². The van der Waals surface area contributed by atoms with E-state index in [9.17, 15) is 9.18 Å². The summed E-state index contributed by atoms with van der Waals surface area (Å²) in [7, 11) is 0. The first-order valence-electron chi connectivity index (χ1n) is 12.4. The summed E-state index contributed by atoms with van der Waals surface area (Å²) in [6.45, 7) is 7.74. The molecule has 5 rings (SSSR count). The molecule has 0 saturated carbocycles. The number of carbonyl (C=O) groups is 1. The molecule has 4 aromatic rings. The van der Waals surface area contributed by atoms with E-state index in [2.05, 4.69) is 45.8 Å². The van der Waals surface area contributed by atoms with Gasteiger partial charge < -0.3 is 19.8 Å². The van der Waals surface area contributed by atoms with E-state index in [0.717, 1.165) is 46.4 Å². The van der Waals surface area contributed by atoms with E-state index in [4.69, 9.17) is 4.98 Å². The van der Waals surface area contributed by atoms with Crippen molar-refractivity contribution in [1.82, 2.24) is 24.4 Å². The summed E-state index contributed by atoms with van der Waals surface area (Å²) in [4.78, 5) is 27.7. The van der Waals surface area contributed by atoms with Gasteiger partial charge in [0.05, 0.1) is 18.6 Å². The van der Waals surface area contributed by atoms with Crippen molar-refractivity contribution in [3.8, 4) is 11.3 Å². The van der Waals surface area contributed by atoms with Crippen LogP contribution in [0.15, 0.2) is 54.9 Å². The van der Waals surface area contributed by atoms with Crippen LogP contribution in [0, 0.1) is 18.7 Å². The van der Waals surface area contributed by atoms with Crippen LogP contribution in [0.2, 0.25) is 0 Å². The highest BCUT2D eigenvalue weighted by atomic mass is 19.1. The van der Waals surface area contributed by atoms with Crippen LogP contribution in [-0.4, -0.2) is 36.9 Å². The van der Waals surface area contributed by atoms with Gasteiger partial charge in [0, 0.05) is 42.4 Å². The third-order valence-corrected chi connectivity index (χ3v) is 6.79. The van der Waals surface area contributed by atoms with E-state index in [1.807, 2.05) is 24.0 Å². The molecule has 1 aliphatic heterocycles. The number of halogens is 1. The summed E-state index contributed by atoms with van der Waals surface area (Å²) in [6.07, 6.45) is 3.17. The van der Waals surface area contributed by atoms with Crippen molar-refractivity contribution in [2.75, 3.05) is 11.9 Å². The van der Waals surface area contributed by atoms with Crippen LogP contribution >= 0.6 is 0 Å². The highest BCUT2D eigenvalue weighted by Gasteiger charge is 2.29. The normalized spacial score (nSPS) is 13.9. The van der Waals surface area contributed by atoms with Crippen LogP contribution in [0.25, 0.3) is 11.3 Å². The molecule has 2 aromatic carbocycles. The first-order chi connectivity index (χ1) is 17.4. The zero-order chi connectivity index (χ0) is 25.2. The van der Waals surface area contributed by atoms with Crippen molar-refractivity contribution in [2.24, 2.45) is 5.92 Å². The number of hydrogen-bond acceptors (Lipinski definition) is 4. The number of rotatable bonds is 7. The number of H-pyrrole nitrogens is 1. The molecule has 186 valence electrons. The van der Waals surface area contributed by atoms with Gasteiger partial charge >= 0.3 is 0 Å². The molecule has 2 N–H and O–H groups in total. The van der Waals surface area contributed by atoms with Gasteiger partial charge in [-0.1, -0.05) is 31.5 Å². The number of fused-ring (bicyclic) bond motifs is 1. The summed E-state index contributed by atoms with van der Waals surface area (Å²) < 4.78 is 15.8. The summed E-state index contributed by atoms with van der Waals surface area (Å²) in [5, 5.41) is 3.52. The molecule has 0 saturated heterocycles. The molecular weight excluding hydrogens is 455 g/mol. The molecule has 1 unspecified atom stereocenters. The fourth-order valence-corrected chi connectivity index (χ4v) is 4.76. The fraction of sp³-hybridized carbons (Fsp3) is 0.321. The molecule has 0 radical (unpaired) electrons. The Labute approximate surface area is 210 Å². The second kappa shape index (κ2) is 9.97. The summed E-state index contributed by atoms with van der Waals surface area (Å²) in [5.74, 6) is 1.32. The number of imidazole rings is 2. The van der Waals surface area contributed by atoms with E-state index in [0.29, 0.717) is 26.1 Å². The van der Waals surface area contributed by atoms with Crippen LogP contribution in [0.5, 0.6) is 0 Å². The Hall–Kier alpha value is -3.94. The Morgan fingerprint density at radius 3 is 2.61 bits per heavy atom. The molecule has 0 fully saturated rings. The standard InChI is InChI=1S/C28H31FN6O/c1-4-23-24(31-17-30-23)15-19(3)28(36)34-13-14-35-25(16-34)33-26(20-7-9-21(29)10-8-20)27(35)32-22-11-5-18(2)6-12-22/h5-12,17,19,32H,4,13-16H2,1-3H3,(H,30,31). The first-order valence-corrected chi connectivity index (χ1v) is 12.4. The minimum atomic E-state index is -0.287. The lowest BCUT2D eigenvalue weighted by atomic mass is 10.0. The molecule has 1 amide bonds. The molecule has 1 atom stereocenters. The van der Waals surface area contributed by atoms with Crippen molar-refractivity contribution in [3.63, 3.8) is 0 Å². The maximum Gasteiger partial charge on any atom is 0.226 e. The van der Waals surface area contributed by atoms with Crippen LogP contribution in [0.3, 0.4) is 0 Å². The Bertz CT molecular complexity index is 1360.